The third kappa shape index (κ3) is 4.89. The number of rotatable bonds is 6. The van der Waals surface area contributed by atoms with Crippen molar-refractivity contribution in [3.63, 3.8) is 0 Å². The van der Waals surface area contributed by atoms with Gasteiger partial charge in [-0.05, 0) is 43.9 Å². The number of halogens is 1. The molecule has 5 heteroatoms. The van der Waals surface area contributed by atoms with Gasteiger partial charge in [-0.2, -0.15) is 0 Å². The maximum absolute atomic E-state index is 12.6. The Kier molecular flexibility index (Phi) is 6.46. The fraction of sp³-hybridized carbons (Fsp3) is 1.00. The lowest BCUT2D eigenvalue weighted by Crippen LogP contribution is -2.36. The molecule has 3 nitrogen and oxygen atoms in total. The molecule has 0 aromatic rings. The molecule has 4 unspecified atom stereocenters. The first-order chi connectivity index (χ1) is 7.63. The van der Waals surface area contributed by atoms with E-state index in [1.807, 2.05) is 0 Å². The molecule has 96 valence electrons. The van der Waals surface area contributed by atoms with Gasteiger partial charge in [0.2, 0.25) is 0 Å². The second kappa shape index (κ2) is 7.35. The van der Waals surface area contributed by atoms with Gasteiger partial charge in [-0.3, -0.25) is 8.60 Å². The minimum atomic E-state index is -1.93. The van der Waals surface area contributed by atoms with E-state index in [-0.39, 0.29) is 24.4 Å². The van der Waals surface area contributed by atoms with Crippen LogP contribution in [0, 0.1) is 11.8 Å². The zero-order valence-electron chi connectivity index (χ0n) is 9.57. The van der Waals surface area contributed by atoms with Crippen LogP contribution in [0.1, 0.15) is 38.5 Å². The highest BCUT2D eigenvalue weighted by Gasteiger charge is 2.27. The van der Waals surface area contributed by atoms with Gasteiger partial charge >= 0.3 is 0 Å². The average molecular weight is 250 g/mol. The van der Waals surface area contributed by atoms with Crippen molar-refractivity contribution in [2.75, 3.05) is 12.4 Å². The van der Waals surface area contributed by atoms with Crippen LogP contribution >= 0.6 is 0 Å². The van der Waals surface area contributed by atoms with Crippen LogP contribution in [0.2, 0.25) is 0 Å². The molecule has 0 amide bonds. The molecule has 4 atom stereocenters. The molecule has 1 fully saturated rings. The van der Waals surface area contributed by atoms with Crippen molar-refractivity contribution in [3.05, 3.63) is 0 Å². The lowest BCUT2D eigenvalue weighted by Gasteiger charge is -2.33. The first-order valence-electron chi connectivity index (χ1n) is 6.01. The first kappa shape index (κ1) is 14.1. The zero-order chi connectivity index (χ0) is 12.0. The van der Waals surface area contributed by atoms with Crippen LogP contribution < -0.4 is 5.73 Å². The van der Waals surface area contributed by atoms with Crippen molar-refractivity contribution in [3.8, 4) is 0 Å². The summed E-state index contributed by atoms with van der Waals surface area (Å²) in [4.78, 5) is 0. The number of hydrogen-bond donors (Lipinski definition) is 1. The van der Waals surface area contributed by atoms with Crippen LogP contribution in [0.25, 0.3) is 0 Å². The lowest BCUT2D eigenvalue weighted by atomic mass is 9.77. The van der Waals surface area contributed by atoms with E-state index < -0.39 is 11.1 Å². The number of nitrogens with two attached hydrogens (primary N) is 1. The van der Waals surface area contributed by atoms with E-state index in [1.165, 1.54) is 0 Å². The summed E-state index contributed by atoms with van der Waals surface area (Å²) in [5.74, 6) is 0.794. The molecule has 2 N–H and O–H groups in total. The monoisotopic (exact) mass is 250 g/mol. The standard InChI is InChI=1S/C11H22FNO2S/c12-8-9-4-5-11(13)10(7-9)3-1-2-6-16(14)15/h9-11H,1-8,13H2,(H,14,15)/p-1. The Hall–Kier alpha value is -0.0000000000000000486. The van der Waals surface area contributed by atoms with Crippen LogP contribution in [0.15, 0.2) is 0 Å². The van der Waals surface area contributed by atoms with Crippen molar-refractivity contribution in [1.82, 2.24) is 0 Å². The quantitative estimate of drug-likeness (QED) is 0.577. The number of alkyl halides is 1. The second-order valence-corrected chi connectivity index (χ2v) is 5.78. The summed E-state index contributed by atoms with van der Waals surface area (Å²) >= 11 is -1.93. The molecule has 0 spiro atoms. The van der Waals surface area contributed by atoms with Crippen molar-refractivity contribution >= 4 is 11.1 Å². The molecule has 1 aliphatic rings. The number of unbranched alkanes of at least 4 members (excludes halogenated alkanes) is 1. The molecule has 0 heterocycles. The fourth-order valence-corrected chi connectivity index (χ4v) is 2.92. The van der Waals surface area contributed by atoms with Crippen LogP contribution in [-0.2, 0) is 11.1 Å². The molecule has 0 saturated heterocycles. The zero-order valence-corrected chi connectivity index (χ0v) is 10.4. The molecular formula is C11H21FNO2S-. The van der Waals surface area contributed by atoms with Gasteiger partial charge in [0.15, 0.2) is 0 Å². The van der Waals surface area contributed by atoms with E-state index in [0.717, 1.165) is 32.1 Å². The summed E-state index contributed by atoms with van der Waals surface area (Å²) in [6.07, 6.45) is 5.20. The predicted octanol–water partition coefficient (Wildman–Crippen LogP) is 1.75. The molecule has 0 aromatic heterocycles. The molecule has 0 radical (unpaired) electrons. The van der Waals surface area contributed by atoms with Crippen LogP contribution in [-0.4, -0.2) is 27.2 Å². The normalized spacial score (nSPS) is 32.6. The third-order valence-corrected chi connectivity index (χ3v) is 4.13. The topological polar surface area (TPSA) is 66.2 Å². The van der Waals surface area contributed by atoms with Crippen LogP contribution in [0.4, 0.5) is 4.39 Å². The summed E-state index contributed by atoms with van der Waals surface area (Å²) in [7, 11) is 0. The Morgan fingerprint density at radius 1 is 1.38 bits per heavy atom. The number of hydrogen-bond acceptors (Lipinski definition) is 3. The average Bonchev–Trinajstić information content (AvgIpc) is 2.26. The van der Waals surface area contributed by atoms with E-state index in [1.54, 1.807) is 0 Å². The van der Waals surface area contributed by atoms with Crippen molar-refractivity contribution in [2.24, 2.45) is 17.6 Å². The van der Waals surface area contributed by atoms with Gasteiger partial charge in [0.05, 0.1) is 6.67 Å². The van der Waals surface area contributed by atoms with E-state index in [4.69, 9.17) is 5.73 Å². The van der Waals surface area contributed by atoms with Crippen molar-refractivity contribution in [1.29, 1.82) is 0 Å². The fourth-order valence-electron chi connectivity index (χ4n) is 2.48. The largest absolute Gasteiger partial charge is 0.772 e. The molecule has 16 heavy (non-hydrogen) atoms. The Labute approximate surface area is 99.3 Å². The van der Waals surface area contributed by atoms with Gasteiger partial charge in [0.1, 0.15) is 0 Å². The van der Waals surface area contributed by atoms with E-state index in [9.17, 15) is 13.2 Å². The summed E-state index contributed by atoms with van der Waals surface area (Å²) in [5.41, 5.74) is 5.99. The maximum atomic E-state index is 12.6. The molecule has 0 bridgehead atoms. The Morgan fingerprint density at radius 3 is 2.75 bits per heavy atom. The molecule has 1 saturated carbocycles. The van der Waals surface area contributed by atoms with Gasteiger partial charge in [0.25, 0.3) is 0 Å². The van der Waals surface area contributed by atoms with Gasteiger partial charge < -0.3 is 10.3 Å². The summed E-state index contributed by atoms with van der Waals surface area (Å²) in [6, 6.07) is 0.181. The molecular weight excluding hydrogens is 229 g/mol. The Balaban J connectivity index is 2.20. The lowest BCUT2D eigenvalue weighted by molar-refractivity contribution is 0.189. The van der Waals surface area contributed by atoms with Crippen LogP contribution in [0.5, 0.6) is 0 Å². The predicted molar refractivity (Wildman–Crippen MR) is 62.4 cm³/mol. The first-order valence-corrected chi connectivity index (χ1v) is 7.25. The summed E-state index contributed by atoms with van der Waals surface area (Å²) in [5, 5.41) is 0. The van der Waals surface area contributed by atoms with Gasteiger partial charge in [-0.15, -0.1) is 0 Å². The minimum absolute atomic E-state index is 0.179. The molecule has 0 aromatic carbocycles. The van der Waals surface area contributed by atoms with E-state index in [2.05, 4.69) is 0 Å². The van der Waals surface area contributed by atoms with E-state index in [0.29, 0.717) is 12.3 Å². The van der Waals surface area contributed by atoms with E-state index >= 15 is 0 Å². The Bertz CT molecular complexity index is 228. The maximum Gasteiger partial charge on any atom is 0.0922 e. The second-order valence-electron chi connectivity index (χ2n) is 4.76. The third-order valence-electron chi connectivity index (χ3n) is 3.50. The molecule has 1 aliphatic carbocycles. The van der Waals surface area contributed by atoms with Crippen molar-refractivity contribution < 1.29 is 13.2 Å². The smallest absolute Gasteiger partial charge is 0.0922 e. The summed E-state index contributed by atoms with van der Waals surface area (Å²) in [6.45, 7) is -0.242. The highest BCUT2D eigenvalue weighted by molar-refractivity contribution is 7.79. The highest BCUT2D eigenvalue weighted by Crippen LogP contribution is 2.31. The van der Waals surface area contributed by atoms with Crippen LogP contribution in [0.3, 0.4) is 0 Å². The molecule has 1 rings (SSSR count). The Morgan fingerprint density at radius 2 is 2.12 bits per heavy atom. The highest BCUT2D eigenvalue weighted by atomic mass is 32.2. The minimum Gasteiger partial charge on any atom is -0.772 e. The summed E-state index contributed by atoms with van der Waals surface area (Å²) < 4.78 is 33.2. The van der Waals surface area contributed by atoms with Gasteiger partial charge in [-0.25, -0.2) is 0 Å². The SMILES string of the molecule is NC1CCC(CF)CC1CCCCS(=O)[O-]. The van der Waals surface area contributed by atoms with Crippen molar-refractivity contribution in [2.45, 2.75) is 44.6 Å². The van der Waals surface area contributed by atoms with Gasteiger partial charge in [0, 0.05) is 11.8 Å². The molecule has 0 aliphatic heterocycles. The van der Waals surface area contributed by atoms with Gasteiger partial charge in [-0.1, -0.05) is 17.5 Å².